The second-order valence-corrected chi connectivity index (χ2v) is 8.44. The molecule has 0 bridgehead atoms. The predicted molar refractivity (Wildman–Crippen MR) is 118 cm³/mol. The molecule has 6 rings (SSSR count). The van der Waals surface area contributed by atoms with Crippen molar-refractivity contribution in [1.82, 2.24) is 4.90 Å². The highest BCUT2D eigenvalue weighted by Gasteiger charge is 2.35. The van der Waals surface area contributed by atoms with Gasteiger partial charge in [0.1, 0.15) is 6.17 Å². The van der Waals surface area contributed by atoms with Gasteiger partial charge >= 0.3 is 0 Å². The Morgan fingerprint density at radius 1 is 0.893 bits per heavy atom. The lowest BCUT2D eigenvalue weighted by Crippen LogP contribution is -2.40. The van der Waals surface area contributed by atoms with Crippen molar-refractivity contribution in [1.29, 1.82) is 0 Å². The molecule has 0 aromatic heterocycles. The van der Waals surface area contributed by atoms with Crippen LogP contribution in [0.1, 0.15) is 22.9 Å². The summed E-state index contributed by atoms with van der Waals surface area (Å²) in [7, 11) is 2.23. The third-order valence-corrected chi connectivity index (χ3v) is 6.71. The van der Waals surface area contributed by atoms with Crippen LogP contribution in [0.15, 0.2) is 66.7 Å². The molecule has 0 aliphatic carbocycles. The normalized spacial score (nSPS) is 18.8. The molecule has 0 N–H and O–H groups in total. The Kier molecular flexibility index (Phi) is 3.50. The van der Waals surface area contributed by atoms with Crippen molar-refractivity contribution in [3.8, 4) is 0 Å². The molecule has 28 heavy (non-hydrogen) atoms. The standard InChI is InChI=1S/C25H21ClN2/c1-27-23-8-4-7-21-20-10-9-19(26)13-18(20)14-22(24(21)23)25(27)28-12-11-16-5-2-3-6-17(16)15-28/h2-10,13-14,25H,11-12,15H2,1H3. The average molecular weight is 385 g/mol. The first kappa shape index (κ1) is 16.4. The molecule has 0 spiro atoms. The van der Waals surface area contributed by atoms with Crippen LogP contribution in [0, 0.1) is 0 Å². The van der Waals surface area contributed by atoms with Crippen LogP contribution in [0.2, 0.25) is 5.02 Å². The molecule has 4 aromatic carbocycles. The van der Waals surface area contributed by atoms with E-state index in [4.69, 9.17) is 11.6 Å². The van der Waals surface area contributed by atoms with Crippen LogP contribution in [-0.4, -0.2) is 18.5 Å². The van der Waals surface area contributed by atoms with Gasteiger partial charge in [-0.05, 0) is 63.5 Å². The second kappa shape index (κ2) is 5.97. The monoisotopic (exact) mass is 384 g/mol. The Balaban J connectivity index is 1.55. The summed E-state index contributed by atoms with van der Waals surface area (Å²) in [5.74, 6) is 0. The molecule has 2 nitrogen and oxygen atoms in total. The van der Waals surface area contributed by atoms with Gasteiger partial charge in [-0.3, -0.25) is 4.90 Å². The molecule has 0 saturated carbocycles. The molecule has 2 heterocycles. The quantitative estimate of drug-likeness (QED) is 0.363. The Labute approximate surface area is 169 Å². The largest absolute Gasteiger partial charge is 0.354 e. The highest BCUT2D eigenvalue weighted by atomic mass is 35.5. The molecule has 1 unspecified atom stereocenters. The summed E-state index contributed by atoms with van der Waals surface area (Å²) in [6.07, 6.45) is 1.37. The summed E-state index contributed by atoms with van der Waals surface area (Å²) in [6.45, 7) is 2.07. The van der Waals surface area contributed by atoms with Crippen molar-refractivity contribution in [2.75, 3.05) is 18.5 Å². The summed E-state index contributed by atoms with van der Waals surface area (Å²) in [5.41, 5.74) is 5.68. The van der Waals surface area contributed by atoms with Crippen LogP contribution in [0.4, 0.5) is 5.69 Å². The highest BCUT2D eigenvalue weighted by Crippen LogP contribution is 2.48. The van der Waals surface area contributed by atoms with Gasteiger partial charge in [-0.2, -0.15) is 0 Å². The van der Waals surface area contributed by atoms with Crippen molar-refractivity contribution in [3.05, 3.63) is 88.4 Å². The lowest BCUT2D eigenvalue weighted by molar-refractivity contribution is 0.182. The van der Waals surface area contributed by atoms with E-state index in [2.05, 4.69) is 77.5 Å². The number of benzene rings is 4. The fraction of sp³-hybridized carbons (Fsp3) is 0.200. The highest BCUT2D eigenvalue weighted by molar-refractivity contribution is 6.31. The SMILES string of the molecule is CN1c2cccc3c2c(cc2cc(Cl)ccc23)C1N1CCc2ccccc2C1. The van der Waals surface area contributed by atoms with Crippen LogP contribution in [0.5, 0.6) is 0 Å². The predicted octanol–water partition coefficient (Wildman–Crippen LogP) is 6.15. The number of rotatable bonds is 1. The van der Waals surface area contributed by atoms with Crippen molar-refractivity contribution >= 4 is 38.8 Å². The summed E-state index contributed by atoms with van der Waals surface area (Å²) in [4.78, 5) is 5.07. The fourth-order valence-corrected chi connectivity index (χ4v) is 5.39. The first-order chi connectivity index (χ1) is 13.7. The van der Waals surface area contributed by atoms with E-state index in [1.807, 2.05) is 6.07 Å². The number of halogens is 1. The molecule has 1 atom stereocenters. The zero-order valence-electron chi connectivity index (χ0n) is 15.8. The zero-order valence-corrected chi connectivity index (χ0v) is 16.6. The smallest absolute Gasteiger partial charge is 0.109 e. The Morgan fingerprint density at radius 3 is 2.64 bits per heavy atom. The second-order valence-electron chi connectivity index (χ2n) is 8.00. The number of anilines is 1. The van der Waals surface area contributed by atoms with Crippen molar-refractivity contribution in [2.45, 2.75) is 19.1 Å². The maximum atomic E-state index is 6.33. The maximum Gasteiger partial charge on any atom is 0.109 e. The van der Waals surface area contributed by atoms with Gasteiger partial charge in [0.15, 0.2) is 0 Å². The molecule has 2 aliphatic heterocycles. The number of hydrogen-bond donors (Lipinski definition) is 0. The first-order valence-electron chi connectivity index (χ1n) is 9.89. The molecule has 0 radical (unpaired) electrons. The van der Waals surface area contributed by atoms with Crippen molar-refractivity contribution in [2.24, 2.45) is 0 Å². The van der Waals surface area contributed by atoms with E-state index in [0.717, 1.165) is 24.5 Å². The van der Waals surface area contributed by atoms with E-state index in [-0.39, 0.29) is 6.17 Å². The molecule has 138 valence electrons. The van der Waals surface area contributed by atoms with E-state index in [9.17, 15) is 0 Å². The summed E-state index contributed by atoms with van der Waals surface area (Å²) in [6, 6.07) is 24.2. The Bertz CT molecular complexity index is 1250. The van der Waals surface area contributed by atoms with Gasteiger partial charge in [0.2, 0.25) is 0 Å². The Morgan fingerprint density at radius 2 is 1.75 bits per heavy atom. The van der Waals surface area contributed by atoms with Gasteiger partial charge in [0.25, 0.3) is 0 Å². The summed E-state index contributed by atoms with van der Waals surface area (Å²) in [5, 5.41) is 6.02. The van der Waals surface area contributed by atoms with Crippen LogP contribution >= 0.6 is 11.6 Å². The lowest BCUT2D eigenvalue weighted by Gasteiger charge is -2.38. The van der Waals surface area contributed by atoms with Gasteiger partial charge in [-0.25, -0.2) is 0 Å². The summed E-state index contributed by atoms with van der Waals surface area (Å²) >= 11 is 6.33. The van der Waals surface area contributed by atoms with Gasteiger partial charge in [0.05, 0.1) is 0 Å². The minimum Gasteiger partial charge on any atom is -0.354 e. The molecular formula is C25H21ClN2. The minimum absolute atomic E-state index is 0.261. The van der Waals surface area contributed by atoms with Crippen LogP contribution in [0.3, 0.4) is 0 Å². The average Bonchev–Trinajstić information content (AvgIpc) is 3.00. The molecule has 2 aliphatic rings. The zero-order chi connectivity index (χ0) is 18.8. The maximum absolute atomic E-state index is 6.33. The first-order valence-corrected chi connectivity index (χ1v) is 10.3. The van der Waals surface area contributed by atoms with Crippen molar-refractivity contribution < 1.29 is 0 Å². The fourth-order valence-electron chi connectivity index (χ4n) is 5.21. The van der Waals surface area contributed by atoms with E-state index >= 15 is 0 Å². The van der Waals surface area contributed by atoms with Crippen molar-refractivity contribution in [3.63, 3.8) is 0 Å². The van der Waals surface area contributed by atoms with Gasteiger partial charge in [-0.1, -0.05) is 54.1 Å². The third kappa shape index (κ3) is 2.25. The van der Waals surface area contributed by atoms with E-state index in [0.29, 0.717) is 0 Å². The minimum atomic E-state index is 0.261. The molecular weight excluding hydrogens is 364 g/mol. The van der Waals surface area contributed by atoms with E-state index < -0.39 is 0 Å². The number of hydrogen-bond acceptors (Lipinski definition) is 2. The molecule has 3 heteroatoms. The van der Waals surface area contributed by atoms with E-state index in [1.54, 1.807) is 0 Å². The van der Waals surface area contributed by atoms with Crippen LogP contribution in [-0.2, 0) is 13.0 Å². The third-order valence-electron chi connectivity index (χ3n) is 6.48. The topological polar surface area (TPSA) is 6.48 Å². The van der Waals surface area contributed by atoms with Gasteiger partial charge < -0.3 is 4.90 Å². The molecule has 0 saturated heterocycles. The van der Waals surface area contributed by atoms with E-state index in [1.165, 1.54) is 43.9 Å². The van der Waals surface area contributed by atoms with Crippen LogP contribution < -0.4 is 4.90 Å². The number of fused-ring (bicyclic) bond motifs is 3. The van der Waals surface area contributed by atoms with Crippen LogP contribution in [0.25, 0.3) is 21.5 Å². The summed E-state index contributed by atoms with van der Waals surface area (Å²) < 4.78 is 0. The van der Waals surface area contributed by atoms with Gasteiger partial charge in [0, 0.05) is 36.2 Å². The lowest BCUT2D eigenvalue weighted by atomic mass is 9.95. The molecule has 4 aromatic rings. The molecule has 0 amide bonds. The number of nitrogens with zero attached hydrogens (tertiary/aromatic N) is 2. The van der Waals surface area contributed by atoms with Gasteiger partial charge in [-0.15, -0.1) is 0 Å². The molecule has 0 fully saturated rings. The Hall–Kier alpha value is -2.55.